The minimum Gasteiger partial charge on any atom is -0.508 e. The molecule has 0 amide bonds. The lowest BCUT2D eigenvalue weighted by molar-refractivity contribution is -0.0297. The maximum Gasteiger partial charge on any atom is 0.159 e. The fraction of sp³-hybridized carbons (Fsp3) is 0.423. The Morgan fingerprint density at radius 2 is 1.84 bits per heavy atom. The molecule has 166 valence electrons. The number of Topliss-reactive ketones (excluding diaryl/α,β-unsaturated/α-hetero) is 1. The van der Waals surface area contributed by atoms with E-state index in [1.165, 1.54) is 5.57 Å². The lowest BCUT2D eigenvalue weighted by Gasteiger charge is -2.48. The Kier molecular flexibility index (Phi) is 4.23. The number of hydrogen-bond donors (Lipinski definition) is 1. The van der Waals surface area contributed by atoms with Crippen LogP contribution in [-0.4, -0.2) is 46.4 Å². The molecule has 6 rings (SSSR count). The number of carbonyl (C=O) groups excluding carboxylic acids is 1. The van der Waals surface area contributed by atoms with E-state index in [2.05, 4.69) is 40.9 Å². The Bertz CT molecular complexity index is 1130. The lowest BCUT2D eigenvalue weighted by Crippen LogP contribution is -2.51. The predicted octanol–water partition coefficient (Wildman–Crippen LogP) is 4.58. The number of hydrazine groups is 1. The third-order valence-corrected chi connectivity index (χ3v) is 7.30. The SMILES string of the molecule is CC(=O)c1ccc(N2CN3CC=C4C(c5cc(C6CC6)c(O)cc5OC4(C)C)N3C2)cc1. The number of benzene rings is 2. The van der Waals surface area contributed by atoms with Crippen LogP contribution in [0.3, 0.4) is 0 Å². The van der Waals surface area contributed by atoms with E-state index < -0.39 is 5.60 Å². The molecule has 1 unspecified atom stereocenters. The van der Waals surface area contributed by atoms with E-state index in [1.54, 1.807) is 6.92 Å². The number of aromatic hydroxyl groups is 1. The van der Waals surface area contributed by atoms with Gasteiger partial charge in [0.2, 0.25) is 0 Å². The number of hydrogen-bond acceptors (Lipinski definition) is 6. The summed E-state index contributed by atoms with van der Waals surface area (Å²) in [6, 6.07) is 12.0. The molecule has 4 aliphatic rings. The smallest absolute Gasteiger partial charge is 0.159 e. The fourth-order valence-electron chi connectivity index (χ4n) is 5.40. The highest BCUT2D eigenvalue weighted by Gasteiger charge is 2.48. The third-order valence-electron chi connectivity index (χ3n) is 7.30. The van der Waals surface area contributed by atoms with Crippen molar-refractivity contribution in [3.63, 3.8) is 0 Å². The molecule has 1 saturated heterocycles. The van der Waals surface area contributed by atoms with Crippen LogP contribution in [0.2, 0.25) is 0 Å². The number of fused-ring (bicyclic) bond motifs is 5. The highest BCUT2D eigenvalue weighted by atomic mass is 16.5. The summed E-state index contributed by atoms with van der Waals surface area (Å²) < 4.78 is 6.40. The van der Waals surface area contributed by atoms with Gasteiger partial charge in [0.15, 0.2) is 5.78 Å². The van der Waals surface area contributed by atoms with E-state index in [0.717, 1.165) is 60.9 Å². The van der Waals surface area contributed by atoms with Crippen molar-refractivity contribution in [3.05, 3.63) is 64.7 Å². The first-order valence-corrected chi connectivity index (χ1v) is 11.5. The van der Waals surface area contributed by atoms with Gasteiger partial charge >= 0.3 is 0 Å². The Hall–Kier alpha value is -2.83. The molecule has 6 heteroatoms. The van der Waals surface area contributed by atoms with Gasteiger partial charge in [-0.2, -0.15) is 0 Å². The number of nitrogens with zero attached hydrogens (tertiary/aromatic N) is 3. The molecule has 2 fully saturated rings. The predicted molar refractivity (Wildman–Crippen MR) is 123 cm³/mol. The van der Waals surface area contributed by atoms with Gasteiger partial charge in [0.1, 0.15) is 17.1 Å². The molecule has 32 heavy (non-hydrogen) atoms. The molecular weight excluding hydrogens is 402 g/mol. The average Bonchev–Trinajstić information content (AvgIpc) is 3.50. The number of phenols is 1. The summed E-state index contributed by atoms with van der Waals surface area (Å²) in [6.45, 7) is 8.22. The van der Waals surface area contributed by atoms with E-state index in [9.17, 15) is 9.90 Å². The van der Waals surface area contributed by atoms with Gasteiger partial charge in [-0.25, -0.2) is 10.0 Å². The van der Waals surface area contributed by atoms with Gasteiger partial charge in [-0.1, -0.05) is 6.08 Å². The van der Waals surface area contributed by atoms with Gasteiger partial charge in [-0.3, -0.25) is 4.79 Å². The van der Waals surface area contributed by atoms with Crippen molar-refractivity contribution < 1.29 is 14.6 Å². The van der Waals surface area contributed by atoms with Gasteiger partial charge in [-0.15, -0.1) is 0 Å². The zero-order valence-electron chi connectivity index (χ0n) is 18.8. The Morgan fingerprint density at radius 3 is 2.53 bits per heavy atom. The molecule has 0 aromatic heterocycles. The first-order chi connectivity index (χ1) is 15.3. The first kappa shape index (κ1) is 19.8. The van der Waals surface area contributed by atoms with Gasteiger partial charge in [0.05, 0.1) is 19.4 Å². The molecule has 6 nitrogen and oxygen atoms in total. The fourth-order valence-corrected chi connectivity index (χ4v) is 5.40. The van der Waals surface area contributed by atoms with Crippen LogP contribution >= 0.6 is 0 Å². The van der Waals surface area contributed by atoms with Crippen molar-refractivity contribution in [1.82, 2.24) is 10.0 Å². The van der Waals surface area contributed by atoms with Gasteiger partial charge < -0.3 is 14.7 Å². The third kappa shape index (κ3) is 3.05. The summed E-state index contributed by atoms with van der Waals surface area (Å²) in [5.41, 5.74) is 4.90. The molecule has 1 N–H and O–H groups in total. The molecule has 3 heterocycles. The van der Waals surface area contributed by atoms with E-state index >= 15 is 0 Å². The Morgan fingerprint density at radius 1 is 1.09 bits per heavy atom. The summed E-state index contributed by atoms with van der Waals surface area (Å²) in [4.78, 5) is 14.0. The molecule has 2 aromatic rings. The number of carbonyl (C=O) groups is 1. The second-order valence-corrected chi connectivity index (χ2v) is 9.95. The number of ketones is 1. The minimum absolute atomic E-state index is 0.0853. The first-order valence-electron chi connectivity index (χ1n) is 11.5. The molecule has 0 radical (unpaired) electrons. The molecule has 1 atom stereocenters. The Labute approximate surface area is 188 Å². The van der Waals surface area contributed by atoms with Crippen molar-refractivity contribution in [2.75, 3.05) is 24.8 Å². The van der Waals surface area contributed by atoms with Crippen molar-refractivity contribution >= 4 is 11.5 Å². The maximum atomic E-state index is 11.7. The van der Waals surface area contributed by atoms with Crippen molar-refractivity contribution in [3.8, 4) is 11.5 Å². The maximum absolute atomic E-state index is 11.7. The molecule has 1 aliphatic carbocycles. The molecular formula is C26H29N3O3. The molecule has 0 bridgehead atoms. The largest absolute Gasteiger partial charge is 0.508 e. The highest BCUT2D eigenvalue weighted by molar-refractivity contribution is 5.94. The summed E-state index contributed by atoms with van der Waals surface area (Å²) in [6.07, 6.45) is 4.61. The van der Waals surface area contributed by atoms with Gasteiger partial charge in [0.25, 0.3) is 0 Å². The van der Waals surface area contributed by atoms with Crippen LogP contribution in [0.4, 0.5) is 5.69 Å². The van der Waals surface area contributed by atoms with E-state index in [4.69, 9.17) is 4.74 Å². The van der Waals surface area contributed by atoms with E-state index in [0.29, 0.717) is 11.7 Å². The van der Waals surface area contributed by atoms with Crippen LogP contribution in [0, 0.1) is 0 Å². The monoisotopic (exact) mass is 431 g/mol. The van der Waals surface area contributed by atoms with Crippen LogP contribution in [0.25, 0.3) is 0 Å². The summed E-state index contributed by atoms with van der Waals surface area (Å²) >= 11 is 0. The molecule has 1 saturated carbocycles. The highest BCUT2D eigenvalue weighted by Crippen LogP contribution is 2.53. The topological polar surface area (TPSA) is 56.3 Å². The molecule has 3 aliphatic heterocycles. The number of ether oxygens (including phenoxy) is 1. The van der Waals surface area contributed by atoms with Crippen LogP contribution in [0.1, 0.15) is 67.1 Å². The zero-order valence-corrected chi connectivity index (χ0v) is 18.8. The summed E-state index contributed by atoms with van der Waals surface area (Å²) in [5.74, 6) is 1.70. The molecule has 2 aromatic carbocycles. The number of phenolic OH excluding ortho intramolecular Hbond substituents is 1. The van der Waals surface area contributed by atoms with E-state index in [-0.39, 0.29) is 11.8 Å². The quantitative estimate of drug-likeness (QED) is 0.567. The van der Waals surface area contributed by atoms with Gasteiger partial charge in [0, 0.05) is 29.4 Å². The summed E-state index contributed by atoms with van der Waals surface area (Å²) in [7, 11) is 0. The Balaban J connectivity index is 1.37. The van der Waals surface area contributed by atoms with Crippen LogP contribution in [0.5, 0.6) is 11.5 Å². The van der Waals surface area contributed by atoms with Crippen molar-refractivity contribution in [2.24, 2.45) is 0 Å². The minimum atomic E-state index is -0.437. The standard InChI is InChI=1S/C26H29N3O3/c1-16(30)17-6-8-19(9-7-17)27-14-28-11-10-22-25(29(28)15-27)21-12-20(18-4-5-18)23(31)13-24(21)32-26(22,2)3/h6-10,12-13,18,25,31H,4-5,11,14-15H2,1-3H3. The zero-order chi connectivity index (χ0) is 22.2. The van der Waals surface area contributed by atoms with Gasteiger partial charge in [-0.05, 0) is 81.0 Å². The summed E-state index contributed by atoms with van der Waals surface area (Å²) in [5, 5.41) is 15.4. The van der Waals surface area contributed by atoms with Crippen molar-refractivity contribution in [1.29, 1.82) is 0 Å². The second-order valence-electron chi connectivity index (χ2n) is 9.95. The van der Waals surface area contributed by atoms with Crippen LogP contribution in [0.15, 0.2) is 48.0 Å². The number of anilines is 1. The van der Waals surface area contributed by atoms with Crippen molar-refractivity contribution in [2.45, 2.75) is 51.2 Å². The molecule has 0 spiro atoms. The normalized spacial score (nSPS) is 24.3. The lowest BCUT2D eigenvalue weighted by atomic mass is 9.81. The number of rotatable bonds is 3. The second kappa shape index (κ2) is 6.83. The average molecular weight is 432 g/mol. The van der Waals surface area contributed by atoms with Crippen LogP contribution in [-0.2, 0) is 0 Å². The van der Waals surface area contributed by atoms with Crippen LogP contribution < -0.4 is 9.64 Å². The van der Waals surface area contributed by atoms with E-state index in [1.807, 2.05) is 30.3 Å².